The normalized spacial score (nSPS) is 11.4. The predicted molar refractivity (Wildman–Crippen MR) is 148 cm³/mol. The third kappa shape index (κ3) is 5.48. The molecular weight excluding hydrogens is 543 g/mol. The molecule has 5 aromatic rings. The Morgan fingerprint density at radius 1 is 1.13 bits per heavy atom. The van der Waals surface area contributed by atoms with Gasteiger partial charge in [0.05, 0.1) is 34.6 Å². The molecule has 0 atom stereocenters. The van der Waals surface area contributed by atoms with Gasteiger partial charge < -0.3 is 15.8 Å². The van der Waals surface area contributed by atoms with Gasteiger partial charge in [0, 0.05) is 33.1 Å². The fourth-order valence-corrected chi connectivity index (χ4v) is 5.88. The minimum Gasteiger partial charge on any atom is -0.492 e. The second kappa shape index (κ2) is 10.8. The van der Waals surface area contributed by atoms with Gasteiger partial charge in [0.2, 0.25) is 0 Å². The topological polar surface area (TPSA) is 96.8 Å². The molecule has 5 rings (SSSR count). The van der Waals surface area contributed by atoms with Crippen molar-refractivity contribution in [2.24, 2.45) is 0 Å². The molecule has 0 aliphatic rings. The van der Waals surface area contributed by atoms with E-state index >= 15 is 0 Å². The molecule has 2 aromatic heterocycles. The van der Waals surface area contributed by atoms with Crippen LogP contribution in [0.2, 0.25) is 0 Å². The Morgan fingerprint density at radius 2 is 1.92 bits per heavy atom. The average Bonchev–Trinajstić information content (AvgIpc) is 3.40. The number of halogens is 3. The number of alkyl halides is 3. The molecule has 0 bridgehead atoms. The van der Waals surface area contributed by atoms with Gasteiger partial charge in [-0.2, -0.15) is 18.4 Å². The number of aromatic nitrogens is 2. The quantitative estimate of drug-likeness (QED) is 0.193. The van der Waals surface area contributed by atoms with Crippen LogP contribution in [0, 0.1) is 11.3 Å². The van der Waals surface area contributed by atoms with E-state index in [0.717, 1.165) is 23.4 Å². The lowest BCUT2D eigenvalue weighted by Crippen LogP contribution is -2.08. The summed E-state index contributed by atoms with van der Waals surface area (Å²) in [6, 6.07) is 18.8. The van der Waals surface area contributed by atoms with Gasteiger partial charge in [-0.3, -0.25) is 4.98 Å². The Kier molecular flexibility index (Phi) is 7.32. The fourth-order valence-electron chi connectivity index (χ4n) is 3.97. The van der Waals surface area contributed by atoms with Crippen LogP contribution < -0.4 is 15.8 Å². The van der Waals surface area contributed by atoms with Crippen LogP contribution in [-0.4, -0.2) is 16.6 Å². The molecule has 0 aliphatic carbocycles. The van der Waals surface area contributed by atoms with Crippen molar-refractivity contribution in [2.45, 2.75) is 22.3 Å². The molecule has 3 aromatic carbocycles. The largest absolute Gasteiger partial charge is 0.492 e. The van der Waals surface area contributed by atoms with Crippen molar-refractivity contribution < 1.29 is 17.9 Å². The number of benzene rings is 3. The van der Waals surface area contributed by atoms with Crippen LogP contribution in [0.5, 0.6) is 5.75 Å². The highest BCUT2D eigenvalue weighted by Gasteiger charge is 2.34. The maximum atomic E-state index is 14.2. The number of hydrogen-bond donors (Lipinski definition) is 2. The summed E-state index contributed by atoms with van der Waals surface area (Å²) in [6.45, 7) is 2.22. The van der Waals surface area contributed by atoms with Crippen LogP contribution >= 0.6 is 23.1 Å². The van der Waals surface area contributed by atoms with Crippen molar-refractivity contribution in [1.29, 1.82) is 5.26 Å². The molecule has 2 heterocycles. The van der Waals surface area contributed by atoms with Crippen LogP contribution in [0.3, 0.4) is 0 Å². The summed E-state index contributed by atoms with van der Waals surface area (Å²) in [5.74, 6) is 0.437. The van der Waals surface area contributed by atoms with Crippen molar-refractivity contribution in [1.82, 2.24) is 9.97 Å². The number of hydrogen-bond acceptors (Lipinski definition) is 8. The maximum Gasteiger partial charge on any atom is 0.417 e. The first-order valence-electron chi connectivity index (χ1n) is 11.7. The van der Waals surface area contributed by atoms with Crippen LogP contribution in [0.15, 0.2) is 81.5 Å². The zero-order valence-electron chi connectivity index (χ0n) is 20.4. The molecule has 0 amide bonds. The lowest BCUT2D eigenvalue weighted by molar-refractivity contribution is -0.139. The van der Waals surface area contributed by atoms with Gasteiger partial charge in [-0.05, 0) is 37.3 Å². The SMILES string of the molecule is CCOc1ccc2c(Nc3ccc(Sc4nc(-c5ccccc5)cs4)c(C(F)(F)F)c3)c(C#N)cnc2c1N. The standard InChI is InChI=1S/C28H20F3N5OS2/c1-2-37-22-10-9-19-25(17(13-32)14-34-26(19)24(22)33)35-18-8-11-23(20(12-18)28(29,30)31)39-27-36-21(15-38-27)16-6-4-3-5-7-16/h3-12,14-15H,2,33H2,1H3,(H,34,35). The summed E-state index contributed by atoms with van der Waals surface area (Å²) in [4.78, 5) is 8.81. The van der Waals surface area contributed by atoms with Gasteiger partial charge in [0.1, 0.15) is 17.5 Å². The smallest absolute Gasteiger partial charge is 0.417 e. The van der Waals surface area contributed by atoms with Crippen LogP contribution in [0.1, 0.15) is 18.1 Å². The highest BCUT2D eigenvalue weighted by molar-refractivity contribution is 8.01. The summed E-state index contributed by atoms with van der Waals surface area (Å²) in [7, 11) is 0. The second-order valence-electron chi connectivity index (χ2n) is 8.27. The molecule has 39 heavy (non-hydrogen) atoms. The maximum absolute atomic E-state index is 14.2. The number of ether oxygens (including phenoxy) is 1. The van der Waals surface area contributed by atoms with E-state index < -0.39 is 11.7 Å². The van der Waals surface area contributed by atoms with Gasteiger partial charge in [0.15, 0.2) is 4.34 Å². The molecule has 0 fully saturated rings. The van der Waals surface area contributed by atoms with Gasteiger partial charge in [0.25, 0.3) is 0 Å². The number of thiazole rings is 1. The van der Waals surface area contributed by atoms with Crippen LogP contribution in [0.25, 0.3) is 22.2 Å². The molecule has 0 unspecified atom stereocenters. The third-order valence-electron chi connectivity index (χ3n) is 5.76. The first kappa shape index (κ1) is 26.3. The van der Waals surface area contributed by atoms with Crippen molar-refractivity contribution in [3.05, 3.63) is 83.4 Å². The Balaban J connectivity index is 1.50. The molecule has 0 saturated heterocycles. The van der Waals surface area contributed by atoms with Crippen molar-refractivity contribution >= 4 is 51.1 Å². The summed E-state index contributed by atoms with van der Waals surface area (Å²) >= 11 is 2.24. The van der Waals surface area contributed by atoms with E-state index in [4.69, 9.17) is 10.5 Å². The number of anilines is 3. The molecule has 0 saturated carbocycles. The summed E-state index contributed by atoms with van der Waals surface area (Å²) in [5.41, 5.74) is 8.28. The zero-order chi connectivity index (χ0) is 27.6. The Morgan fingerprint density at radius 3 is 2.64 bits per heavy atom. The number of nitrogen functional groups attached to an aromatic ring is 1. The van der Waals surface area contributed by atoms with Gasteiger partial charge in [-0.15, -0.1) is 11.3 Å². The lowest BCUT2D eigenvalue weighted by Gasteiger charge is -2.17. The summed E-state index contributed by atoms with van der Waals surface area (Å²) in [5, 5.41) is 15.0. The summed E-state index contributed by atoms with van der Waals surface area (Å²) in [6.07, 6.45) is -3.28. The first-order chi connectivity index (χ1) is 18.8. The second-order valence-corrected chi connectivity index (χ2v) is 10.4. The van der Waals surface area contributed by atoms with E-state index in [2.05, 4.69) is 15.3 Å². The number of pyridine rings is 1. The number of rotatable bonds is 7. The van der Waals surface area contributed by atoms with Gasteiger partial charge in [-0.1, -0.05) is 42.1 Å². The molecular formula is C28H20F3N5OS2. The monoisotopic (exact) mass is 563 g/mol. The molecule has 0 aliphatic heterocycles. The number of nitrogens with zero attached hydrogens (tertiary/aromatic N) is 3. The van der Waals surface area contributed by atoms with Crippen LogP contribution in [-0.2, 0) is 6.18 Å². The number of nitrogens with two attached hydrogens (primary N) is 1. The number of nitrogens with one attached hydrogen (secondary N) is 1. The number of nitriles is 1. The summed E-state index contributed by atoms with van der Waals surface area (Å²) < 4.78 is 48.5. The van der Waals surface area contributed by atoms with Crippen molar-refractivity contribution in [2.75, 3.05) is 17.7 Å². The van der Waals surface area contributed by atoms with E-state index in [1.54, 1.807) is 12.1 Å². The number of fused-ring (bicyclic) bond motifs is 1. The van der Waals surface area contributed by atoms with E-state index in [1.165, 1.54) is 29.7 Å². The third-order valence-corrected chi connectivity index (χ3v) is 7.78. The van der Waals surface area contributed by atoms with Gasteiger partial charge in [-0.25, -0.2) is 4.98 Å². The molecule has 0 spiro atoms. The van der Waals surface area contributed by atoms with Crippen molar-refractivity contribution in [3.8, 4) is 23.1 Å². The van der Waals surface area contributed by atoms with Crippen molar-refractivity contribution in [3.63, 3.8) is 0 Å². The Labute approximate surface area is 230 Å². The fraction of sp³-hybridized carbons (Fsp3) is 0.107. The molecule has 196 valence electrons. The average molecular weight is 564 g/mol. The van der Waals surface area contributed by atoms with E-state index in [9.17, 15) is 18.4 Å². The minimum atomic E-state index is -4.62. The highest BCUT2D eigenvalue weighted by Crippen LogP contribution is 2.43. The Bertz CT molecular complexity index is 1700. The van der Waals surface area contributed by atoms with E-state index in [0.29, 0.717) is 39.0 Å². The van der Waals surface area contributed by atoms with E-state index in [1.807, 2.05) is 48.7 Å². The molecule has 11 heteroatoms. The first-order valence-corrected chi connectivity index (χ1v) is 13.4. The van der Waals surface area contributed by atoms with E-state index in [-0.39, 0.29) is 21.8 Å². The highest BCUT2D eigenvalue weighted by atomic mass is 32.2. The molecule has 0 radical (unpaired) electrons. The molecule has 3 N–H and O–H groups in total. The minimum absolute atomic E-state index is 0.0210. The Hall–Kier alpha value is -4.27. The lowest BCUT2D eigenvalue weighted by atomic mass is 10.1. The predicted octanol–water partition coefficient (Wildman–Crippen LogP) is 8.12. The molecule has 6 nitrogen and oxygen atoms in total. The van der Waals surface area contributed by atoms with Gasteiger partial charge >= 0.3 is 6.18 Å². The van der Waals surface area contributed by atoms with Crippen LogP contribution in [0.4, 0.5) is 30.2 Å². The zero-order valence-corrected chi connectivity index (χ0v) is 22.0.